The van der Waals surface area contributed by atoms with Gasteiger partial charge < -0.3 is 4.74 Å². The number of nitrogens with one attached hydrogen (secondary N) is 1. The van der Waals surface area contributed by atoms with Crippen LogP contribution in [0.1, 0.15) is 11.4 Å². The summed E-state index contributed by atoms with van der Waals surface area (Å²) in [7, 11) is -2.38. The molecular formula is C20H19N5O3S. The third-order valence-corrected chi connectivity index (χ3v) is 5.86. The summed E-state index contributed by atoms with van der Waals surface area (Å²) < 4.78 is 35.3. The molecule has 4 rings (SSSR count). The number of hydrogen-bond acceptors (Lipinski definition) is 6. The van der Waals surface area contributed by atoms with E-state index in [0.29, 0.717) is 28.6 Å². The number of aryl methyl sites for hydroxylation is 2. The number of hydrogen-bond donors (Lipinski definition) is 1. The molecule has 0 aliphatic rings. The quantitative estimate of drug-likeness (QED) is 0.543. The molecule has 0 radical (unpaired) electrons. The standard InChI is InChI=1S/C20H19N5O3S/c1-13-7-9-19(18(11-13)28-3)29(26,27)24-16-6-4-5-15(12-16)17-8-10-20-22-21-14(2)25(20)23-17/h4-12,24H,1-3H3. The third-order valence-electron chi connectivity index (χ3n) is 4.44. The zero-order valence-electron chi connectivity index (χ0n) is 16.1. The molecule has 0 bridgehead atoms. The molecule has 0 amide bonds. The average molecular weight is 409 g/mol. The van der Waals surface area contributed by atoms with E-state index < -0.39 is 10.0 Å². The number of methoxy groups -OCH3 is 1. The Morgan fingerprint density at radius 1 is 1.00 bits per heavy atom. The van der Waals surface area contributed by atoms with Crippen molar-refractivity contribution in [3.8, 4) is 17.0 Å². The molecule has 9 heteroatoms. The molecule has 4 aromatic rings. The van der Waals surface area contributed by atoms with E-state index in [9.17, 15) is 8.42 Å². The fourth-order valence-corrected chi connectivity index (χ4v) is 4.20. The van der Waals surface area contributed by atoms with Gasteiger partial charge in [0.2, 0.25) is 0 Å². The number of aromatic nitrogens is 4. The molecule has 2 aromatic carbocycles. The highest BCUT2D eigenvalue weighted by Gasteiger charge is 2.20. The van der Waals surface area contributed by atoms with Crippen LogP contribution in [0.25, 0.3) is 16.9 Å². The summed E-state index contributed by atoms with van der Waals surface area (Å²) in [5, 5.41) is 12.6. The lowest BCUT2D eigenvalue weighted by Crippen LogP contribution is -2.14. The van der Waals surface area contributed by atoms with Gasteiger partial charge in [-0.25, -0.2) is 8.42 Å². The van der Waals surface area contributed by atoms with Crippen LogP contribution in [0.3, 0.4) is 0 Å². The number of fused-ring (bicyclic) bond motifs is 1. The van der Waals surface area contributed by atoms with Crippen molar-refractivity contribution < 1.29 is 13.2 Å². The van der Waals surface area contributed by atoms with E-state index >= 15 is 0 Å². The Balaban J connectivity index is 1.69. The Morgan fingerprint density at radius 3 is 2.62 bits per heavy atom. The van der Waals surface area contributed by atoms with Crippen molar-refractivity contribution in [2.75, 3.05) is 11.8 Å². The second-order valence-corrected chi connectivity index (χ2v) is 8.23. The highest BCUT2D eigenvalue weighted by molar-refractivity contribution is 7.92. The molecule has 0 spiro atoms. The second-order valence-electron chi connectivity index (χ2n) is 6.58. The van der Waals surface area contributed by atoms with Gasteiger partial charge in [0, 0.05) is 11.3 Å². The molecule has 0 aliphatic carbocycles. The van der Waals surface area contributed by atoms with Crippen LogP contribution in [0.2, 0.25) is 0 Å². The van der Waals surface area contributed by atoms with Crippen LogP contribution in [0.15, 0.2) is 59.5 Å². The predicted molar refractivity (Wildman–Crippen MR) is 109 cm³/mol. The van der Waals surface area contributed by atoms with E-state index in [1.807, 2.05) is 32.0 Å². The van der Waals surface area contributed by atoms with Crippen LogP contribution in [-0.4, -0.2) is 35.3 Å². The van der Waals surface area contributed by atoms with E-state index in [1.165, 1.54) is 13.2 Å². The first kappa shape index (κ1) is 18.9. The molecule has 2 heterocycles. The summed E-state index contributed by atoms with van der Waals surface area (Å²) in [6.45, 7) is 3.69. The van der Waals surface area contributed by atoms with Crippen LogP contribution >= 0.6 is 0 Å². The van der Waals surface area contributed by atoms with Crippen LogP contribution in [-0.2, 0) is 10.0 Å². The first-order chi connectivity index (χ1) is 13.9. The second kappa shape index (κ2) is 7.17. The first-order valence-corrected chi connectivity index (χ1v) is 10.3. The zero-order chi connectivity index (χ0) is 20.6. The Bertz CT molecular complexity index is 1310. The smallest absolute Gasteiger partial charge is 0.265 e. The van der Waals surface area contributed by atoms with Crippen molar-refractivity contribution in [3.63, 3.8) is 0 Å². The summed E-state index contributed by atoms with van der Waals surface area (Å²) in [6, 6.07) is 15.6. The highest BCUT2D eigenvalue weighted by atomic mass is 32.2. The molecule has 0 fully saturated rings. The van der Waals surface area contributed by atoms with E-state index in [1.54, 1.807) is 34.8 Å². The van der Waals surface area contributed by atoms with Crippen molar-refractivity contribution in [1.82, 2.24) is 19.8 Å². The van der Waals surface area contributed by atoms with E-state index in [4.69, 9.17) is 4.74 Å². The Kier molecular flexibility index (Phi) is 4.67. The van der Waals surface area contributed by atoms with Gasteiger partial charge in [-0.05, 0) is 55.8 Å². The van der Waals surface area contributed by atoms with Crippen molar-refractivity contribution in [2.45, 2.75) is 18.7 Å². The molecule has 0 atom stereocenters. The minimum absolute atomic E-state index is 0.0793. The lowest BCUT2D eigenvalue weighted by Gasteiger charge is -2.13. The number of ether oxygens (including phenoxy) is 1. The Hall–Kier alpha value is -3.46. The Morgan fingerprint density at radius 2 is 1.83 bits per heavy atom. The van der Waals surface area contributed by atoms with Crippen LogP contribution in [0, 0.1) is 13.8 Å². The summed E-state index contributed by atoms with van der Waals surface area (Å²) in [4.78, 5) is 0.0793. The molecule has 8 nitrogen and oxygen atoms in total. The molecule has 0 aliphatic heterocycles. The normalized spacial score (nSPS) is 11.6. The van der Waals surface area contributed by atoms with Crippen LogP contribution < -0.4 is 9.46 Å². The summed E-state index contributed by atoms with van der Waals surface area (Å²) in [5.74, 6) is 0.967. The topological polar surface area (TPSA) is 98.5 Å². The largest absolute Gasteiger partial charge is 0.495 e. The molecule has 0 saturated carbocycles. The van der Waals surface area contributed by atoms with E-state index in [-0.39, 0.29) is 4.90 Å². The first-order valence-electron chi connectivity index (χ1n) is 8.84. The maximum absolute atomic E-state index is 12.9. The van der Waals surface area contributed by atoms with Gasteiger partial charge in [0.05, 0.1) is 12.8 Å². The molecular weight excluding hydrogens is 390 g/mol. The number of benzene rings is 2. The molecule has 1 N–H and O–H groups in total. The zero-order valence-corrected chi connectivity index (χ0v) is 16.9. The fourth-order valence-electron chi connectivity index (χ4n) is 3.00. The lowest BCUT2D eigenvalue weighted by molar-refractivity contribution is 0.402. The summed E-state index contributed by atoms with van der Waals surface area (Å²) >= 11 is 0. The minimum atomic E-state index is -3.82. The number of nitrogens with zero attached hydrogens (tertiary/aromatic N) is 4. The Labute approximate surface area is 168 Å². The minimum Gasteiger partial charge on any atom is -0.495 e. The SMILES string of the molecule is COc1cc(C)ccc1S(=O)(=O)Nc1cccc(-c2ccc3nnc(C)n3n2)c1. The maximum atomic E-state index is 12.9. The van der Waals surface area contributed by atoms with E-state index in [2.05, 4.69) is 20.0 Å². The van der Waals surface area contributed by atoms with Gasteiger partial charge in [-0.2, -0.15) is 9.61 Å². The molecule has 0 saturated heterocycles. The van der Waals surface area contributed by atoms with Gasteiger partial charge in [0.1, 0.15) is 10.6 Å². The monoisotopic (exact) mass is 409 g/mol. The summed E-state index contributed by atoms with van der Waals surface area (Å²) in [5.41, 5.74) is 3.42. The van der Waals surface area contributed by atoms with Gasteiger partial charge in [-0.15, -0.1) is 10.2 Å². The third kappa shape index (κ3) is 3.64. The highest BCUT2D eigenvalue weighted by Crippen LogP contribution is 2.28. The molecule has 29 heavy (non-hydrogen) atoms. The molecule has 148 valence electrons. The van der Waals surface area contributed by atoms with Crippen LogP contribution in [0.5, 0.6) is 5.75 Å². The average Bonchev–Trinajstić information content (AvgIpc) is 3.08. The number of sulfonamides is 1. The predicted octanol–water partition coefficient (Wildman–Crippen LogP) is 3.22. The van der Waals surface area contributed by atoms with Crippen molar-refractivity contribution in [1.29, 1.82) is 0 Å². The van der Waals surface area contributed by atoms with E-state index in [0.717, 1.165) is 11.1 Å². The molecule has 0 unspecified atom stereocenters. The maximum Gasteiger partial charge on any atom is 0.265 e. The van der Waals surface area contributed by atoms with Crippen molar-refractivity contribution in [3.05, 3.63) is 66.0 Å². The van der Waals surface area contributed by atoms with Crippen molar-refractivity contribution in [2.24, 2.45) is 0 Å². The van der Waals surface area contributed by atoms with Crippen molar-refractivity contribution >= 4 is 21.4 Å². The summed E-state index contributed by atoms with van der Waals surface area (Å²) in [6.07, 6.45) is 0. The van der Waals surface area contributed by atoms with Gasteiger partial charge in [-0.3, -0.25) is 4.72 Å². The van der Waals surface area contributed by atoms with Crippen LogP contribution in [0.4, 0.5) is 5.69 Å². The number of rotatable bonds is 5. The van der Waals surface area contributed by atoms with Gasteiger partial charge in [0.15, 0.2) is 11.5 Å². The van der Waals surface area contributed by atoms with Gasteiger partial charge in [-0.1, -0.05) is 18.2 Å². The molecule has 2 aromatic heterocycles. The number of anilines is 1. The van der Waals surface area contributed by atoms with Gasteiger partial charge >= 0.3 is 0 Å². The lowest BCUT2D eigenvalue weighted by atomic mass is 10.1. The fraction of sp³-hybridized carbons (Fsp3) is 0.150. The van der Waals surface area contributed by atoms with Gasteiger partial charge in [0.25, 0.3) is 10.0 Å².